The normalized spacial score (nSPS) is 15.6. The number of halogens is 1. The fourth-order valence-electron chi connectivity index (χ4n) is 3.27. The molecule has 0 bridgehead atoms. The minimum Gasteiger partial charge on any atom is -0.358 e. The van der Waals surface area contributed by atoms with Crippen LogP contribution in [0.5, 0.6) is 0 Å². The average molecular weight is 344 g/mol. The van der Waals surface area contributed by atoms with E-state index in [0.29, 0.717) is 19.5 Å². The monoisotopic (exact) mass is 344 g/mol. The molecule has 0 aliphatic carbocycles. The zero-order valence-corrected chi connectivity index (χ0v) is 14.0. The Morgan fingerprint density at radius 1 is 1.12 bits per heavy atom. The van der Waals surface area contributed by atoms with Gasteiger partial charge in [0, 0.05) is 36.1 Å². The quantitative estimate of drug-likeness (QED) is 0.775. The number of aromatic amines is 1. The zero-order valence-electron chi connectivity index (χ0n) is 13.2. The van der Waals surface area contributed by atoms with Crippen LogP contribution in [-0.2, 0) is 23.0 Å². The number of aromatic nitrogens is 1. The van der Waals surface area contributed by atoms with E-state index in [2.05, 4.69) is 11.1 Å². The van der Waals surface area contributed by atoms with Crippen LogP contribution >= 0.6 is 0 Å². The number of hydrogen-bond donors (Lipinski definition) is 1. The Labute approximate surface area is 140 Å². The molecule has 0 fully saturated rings. The van der Waals surface area contributed by atoms with Crippen LogP contribution in [0.15, 0.2) is 47.4 Å². The minimum absolute atomic E-state index is 0.128. The molecule has 0 saturated carbocycles. The SMILES string of the molecule is Cc1ccc2c3c([nH]c2c1)CCN(S(=O)(=O)c1ccc(F)cc1)C3. The van der Waals surface area contributed by atoms with Gasteiger partial charge in [-0.2, -0.15) is 4.31 Å². The summed E-state index contributed by atoms with van der Waals surface area (Å²) in [5.41, 5.74) is 4.33. The maximum Gasteiger partial charge on any atom is 0.243 e. The third-order valence-corrected chi connectivity index (χ3v) is 6.41. The Bertz CT molecular complexity index is 1020. The molecule has 0 amide bonds. The van der Waals surface area contributed by atoms with E-state index in [1.807, 2.05) is 19.1 Å². The van der Waals surface area contributed by atoms with E-state index >= 15 is 0 Å². The maximum absolute atomic E-state index is 13.1. The van der Waals surface area contributed by atoms with Gasteiger partial charge in [0.25, 0.3) is 0 Å². The van der Waals surface area contributed by atoms with Crippen LogP contribution < -0.4 is 0 Å². The number of aryl methyl sites for hydroxylation is 1. The molecule has 4 nitrogen and oxygen atoms in total. The molecule has 0 spiro atoms. The van der Waals surface area contributed by atoms with Gasteiger partial charge in [-0.1, -0.05) is 12.1 Å². The van der Waals surface area contributed by atoms with E-state index in [0.717, 1.165) is 27.7 Å². The average Bonchev–Trinajstić information content (AvgIpc) is 2.91. The highest BCUT2D eigenvalue weighted by molar-refractivity contribution is 7.89. The lowest BCUT2D eigenvalue weighted by Crippen LogP contribution is -2.35. The van der Waals surface area contributed by atoms with Gasteiger partial charge in [0.2, 0.25) is 10.0 Å². The molecule has 3 aromatic rings. The van der Waals surface area contributed by atoms with Crippen LogP contribution in [0.2, 0.25) is 0 Å². The van der Waals surface area contributed by atoms with E-state index in [1.54, 1.807) is 0 Å². The third-order valence-electron chi connectivity index (χ3n) is 4.55. The van der Waals surface area contributed by atoms with Crippen molar-refractivity contribution in [3.8, 4) is 0 Å². The van der Waals surface area contributed by atoms with Crippen molar-refractivity contribution in [2.24, 2.45) is 0 Å². The smallest absolute Gasteiger partial charge is 0.243 e. The van der Waals surface area contributed by atoms with Crippen molar-refractivity contribution in [2.75, 3.05) is 6.54 Å². The number of H-pyrrole nitrogens is 1. The second-order valence-electron chi connectivity index (χ2n) is 6.17. The van der Waals surface area contributed by atoms with Crippen LogP contribution in [0, 0.1) is 12.7 Å². The zero-order chi connectivity index (χ0) is 16.9. The Morgan fingerprint density at radius 2 is 1.88 bits per heavy atom. The number of sulfonamides is 1. The van der Waals surface area contributed by atoms with Gasteiger partial charge >= 0.3 is 0 Å². The minimum atomic E-state index is -3.62. The molecule has 124 valence electrons. The van der Waals surface area contributed by atoms with E-state index in [9.17, 15) is 12.8 Å². The maximum atomic E-state index is 13.1. The van der Waals surface area contributed by atoms with Crippen molar-refractivity contribution in [2.45, 2.75) is 24.8 Å². The van der Waals surface area contributed by atoms with Gasteiger partial charge in [-0.05, 0) is 48.4 Å². The first kappa shape index (κ1) is 15.4. The number of fused-ring (bicyclic) bond motifs is 3. The number of nitrogens with zero attached hydrogens (tertiary/aromatic N) is 1. The molecule has 2 heterocycles. The van der Waals surface area contributed by atoms with Gasteiger partial charge in [0.05, 0.1) is 4.90 Å². The predicted molar refractivity (Wildman–Crippen MR) is 90.7 cm³/mol. The van der Waals surface area contributed by atoms with Crippen LogP contribution in [0.4, 0.5) is 4.39 Å². The van der Waals surface area contributed by atoms with Crippen LogP contribution in [0.25, 0.3) is 10.9 Å². The van der Waals surface area contributed by atoms with E-state index in [1.165, 1.54) is 28.6 Å². The number of rotatable bonds is 2. The van der Waals surface area contributed by atoms with Crippen LogP contribution in [-0.4, -0.2) is 24.3 Å². The molecule has 1 aliphatic heterocycles. The molecule has 0 unspecified atom stereocenters. The van der Waals surface area contributed by atoms with Gasteiger partial charge in [0.1, 0.15) is 5.82 Å². The Kier molecular flexibility index (Phi) is 3.47. The van der Waals surface area contributed by atoms with Gasteiger partial charge < -0.3 is 4.98 Å². The molecule has 0 saturated heterocycles. The Morgan fingerprint density at radius 3 is 2.62 bits per heavy atom. The largest absolute Gasteiger partial charge is 0.358 e. The van der Waals surface area contributed by atoms with Crippen molar-refractivity contribution in [1.82, 2.24) is 9.29 Å². The Balaban J connectivity index is 1.73. The first-order valence-corrected chi connectivity index (χ1v) is 9.25. The second-order valence-corrected chi connectivity index (χ2v) is 8.11. The highest BCUT2D eigenvalue weighted by Gasteiger charge is 2.30. The van der Waals surface area contributed by atoms with Gasteiger partial charge in [-0.15, -0.1) is 0 Å². The van der Waals surface area contributed by atoms with Gasteiger partial charge in [0.15, 0.2) is 0 Å². The summed E-state index contributed by atoms with van der Waals surface area (Å²) >= 11 is 0. The Hall–Kier alpha value is -2.18. The number of nitrogens with one attached hydrogen (secondary N) is 1. The molecule has 0 radical (unpaired) electrons. The van der Waals surface area contributed by atoms with Crippen molar-refractivity contribution < 1.29 is 12.8 Å². The van der Waals surface area contributed by atoms with Gasteiger partial charge in [-0.3, -0.25) is 0 Å². The molecule has 2 aromatic carbocycles. The molecule has 6 heteroatoms. The standard InChI is InChI=1S/C18H17FN2O2S/c1-12-2-7-15-16-11-21(9-8-17(16)20-18(15)10-12)24(22,23)14-5-3-13(19)4-6-14/h2-7,10,20H,8-9,11H2,1H3. The van der Waals surface area contributed by atoms with Crippen LogP contribution in [0.1, 0.15) is 16.8 Å². The summed E-state index contributed by atoms with van der Waals surface area (Å²) in [6.45, 7) is 2.78. The van der Waals surface area contributed by atoms with Gasteiger partial charge in [-0.25, -0.2) is 12.8 Å². The molecule has 1 aromatic heterocycles. The summed E-state index contributed by atoms with van der Waals surface area (Å²) in [5.74, 6) is -0.443. The fraction of sp³-hybridized carbons (Fsp3) is 0.222. The first-order chi connectivity index (χ1) is 11.4. The lowest BCUT2D eigenvalue weighted by molar-refractivity contribution is 0.391. The molecular weight excluding hydrogens is 327 g/mol. The topological polar surface area (TPSA) is 53.2 Å². The summed E-state index contributed by atoms with van der Waals surface area (Å²) in [5, 5.41) is 1.06. The summed E-state index contributed by atoms with van der Waals surface area (Å²) in [6.07, 6.45) is 0.642. The molecule has 0 atom stereocenters. The lowest BCUT2D eigenvalue weighted by atomic mass is 10.1. The summed E-state index contributed by atoms with van der Waals surface area (Å²) in [4.78, 5) is 3.53. The van der Waals surface area contributed by atoms with Crippen molar-refractivity contribution in [3.05, 3.63) is 65.1 Å². The number of hydrogen-bond acceptors (Lipinski definition) is 2. The molecule has 1 N–H and O–H groups in total. The molecule has 1 aliphatic rings. The molecule has 4 rings (SSSR count). The molecule has 24 heavy (non-hydrogen) atoms. The predicted octanol–water partition coefficient (Wildman–Crippen LogP) is 3.36. The van der Waals surface area contributed by atoms with E-state index in [4.69, 9.17) is 0 Å². The summed E-state index contributed by atoms with van der Waals surface area (Å²) in [6, 6.07) is 11.1. The fourth-order valence-corrected chi connectivity index (χ4v) is 4.68. The van der Waals surface area contributed by atoms with Crippen molar-refractivity contribution >= 4 is 20.9 Å². The summed E-state index contributed by atoms with van der Waals surface area (Å²) < 4.78 is 40.2. The van der Waals surface area contributed by atoms with Crippen molar-refractivity contribution in [1.29, 1.82) is 0 Å². The molecular formula is C18H17FN2O2S. The van der Waals surface area contributed by atoms with E-state index < -0.39 is 15.8 Å². The highest BCUT2D eigenvalue weighted by atomic mass is 32.2. The second kappa shape index (κ2) is 5.43. The number of benzene rings is 2. The van der Waals surface area contributed by atoms with Crippen molar-refractivity contribution in [3.63, 3.8) is 0 Å². The third kappa shape index (κ3) is 2.42. The lowest BCUT2D eigenvalue weighted by Gasteiger charge is -2.26. The van der Waals surface area contributed by atoms with Crippen LogP contribution in [0.3, 0.4) is 0 Å². The summed E-state index contributed by atoms with van der Waals surface area (Å²) in [7, 11) is -3.62. The first-order valence-electron chi connectivity index (χ1n) is 7.81. The highest BCUT2D eigenvalue weighted by Crippen LogP contribution is 2.31. The van der Waals surface area contributed by atoms with E-state index in [-0.39, 0.29) is 4.90 Å².